The Kier molecular flexibility index (Phi) is 9.81. The summed E-state index contributed by atoms with van der Waals surface area (Å²) in [6.45, 7) is 12.6. The minimum absolute atomic E-state index is 0.00481. The summed E-state index contributed by atoms with van der Waals surface area (Å²) >= 11 is 12.3. The maximum Gasteiger partial charge on any atom is 0.243 e. The zero-order chi connectivity index (χ0) is 24.8. The van der Waals surface area contributed by atoms with E-state index in [2.05, 4.69) is 50.4 Å². The van der Waals surface area contributed by atoms with Crippen LogP contribution in [-0.4, -0.2) is 28.8 Å². The van der Waals surface area contributed by atoms with Gasteiger partial charge < -0.3 is 10.2 Å². The average molecular weight is 492 g/mol. The third-order valence-corrected chi connectivity index (χ3v) is 6.34. The molecule has 33 heavy (non-hydrogen) atoms. The minimum Gasteiger partial charge on any atom is -0.352 e. The number of halogens is 2. The monoisotopic (exact) mass is 490 g/mol. The topological polar surface area (TPSA) is 49.4 Å². The lowest BCUT2D eigenvalue weighted by Crippen LogP contribution is -2.50. The summed E-state index contributed by atoms with van der Waals surface area (Å²) in [4.78, 5) is 27.9. The molecule has 0 bridgehead atoms. The molecule has 4 nitrogen and oxygen atoms in total. The van der Waals surface area contributed by atoms with Crippen LogP contribution in [-0.2, 0) is 28.0 Å². The minimum atomic E-state index is -0.558. The zero-order valence-electron chi connectivity index (χ0n) is 20.5. The Morgan fingerprint density at radius 1 is 0.970 bits per heavy atom. The molecule has 0 fully saturated rings. The molecular formula is C27H36Cl2N2O2. The second-order valence-electron chi connectivity index (χ2n) is 9.80. The molecule has 2 aromatic carbocycles. The Labute approximate surface area is 208 Å². The normalized spacial score (nSPS) is 12.5. The number of amides is 2. The van der Waals surface area contributed by atoms with Gasteiger partial charge in [0.2, 0.25) is 11.8 Å². The average Bonchev–Trinajstić information content (AvgIpc) is 2.73. The predicted octanol–water partition coefficient (Wildman–Crippen LogP) is 6.56. The quantitative estimate of drug-likeness (QED) is 0.432. The van der Waals surface area contributed by atoms with Gasteiger partial charge in [0.1, 0.15) is 6.04 Å². The van der Waals surface area contributed by atoms with Crippen LogP contribution in [0.5, 0.6) is 0 Å². The number of nitrogens with zero attached hydrogens (tertiary/aromatic N) is 1. The summed E-state index contributed by atoms with van der Waals surface area (Å²) in [5, 5.41) is 3.84. The van der Waals surface area contributed by atoms with Gasteiger partial charge in [-0.25, -0.2) is 0 Å². The van der Waals surface area contributed by atoms with E-state index in [-0.39, 0.29) is 23.3 Å². The molecule has 0 saturated carbocycles. The number of nitrogens with one attached hydrogen (secondary N) is 1. The van der Waals surface area contributed by atoms with Crippen molar-refractivity contribution in [1.29, 1.82) is 0 Å². The summed E-state index contributed by atoms with van der Waals surface area (Å²) in [5.74, 6) is -0.206. The van der Waals surface area contributed by atoms with Gasteiger partial charge in [-0.3, -0.25) is 9.59 Å². The second kappa shape index (κ2) is 11.9. The van der Waals surface area contributed by atoms with Crippen molar-refractivity contribution < 1.29 is 9.59 Å². The lowest BCUT2D eigenvalue weighted by Gasteiger charge is -2.31. The molecule has 0 aliphatic rings. The molecular weight excluding hydrogens is 455 g/mol. The number of benzene rings is 2. The van der Waals surface area contributed by atoms with E-state index in [9.17, 15) is 9.59 Å². The molecule has 2 amide bonds. The van der Waals surface area contributed by atoms with Gasteiger partial charge in [0.05, 0.1) is 10.0 Å². The first-order valence-corrected chi connectivity index (χ1v) is 12.3. The van der Waals surface area contributed by atoms with Crippen molar-refractivity contribution in [3.63, 3.8) is 0 Å². The van der Waals surface area contributed by atoms with Gasteiger partial charge in [0.15, 0.2) is 0 Å². The highest BCUT2D eigenvalue weighted by atomic mass is 35.5. The Morgan fingerprint density at radius 2 is 1.58 bits per heavy atom. The molecule has 1 atom stereocenters. The number of rotatable bonds is 9. The summed E-state index contributed by atoms with van der Waals surface area (Å²) in [7, 11) is 0. The van der Waals surface area contributed by atoms with E-state index in [0.717, 1.165) is 11.1 Å². The van der Waals surface area contributed by atoms with Crippen molar-refractivity contribution >= 4 is 35.0 Å². The molecule has 0 aliphatic heterocycles. The lowest BCUT2D eigenvalue weighted by molar-refractivity contribution is -0.141. The third kappa shape index (κ3) is 8.04. The standard InChI is InChI=1S/C27H36Cl2N2O2/c1-7-24(26(33)30-18(2)3)31(17-20-10-14-22(28)23(29)16-20)25(32)15-11-19-8-12-21(13-9-19)27(4,5)6/h8-10,12-14,16,18,24H,7,11,15,17H2,1-6H3,(H,30,33)/t24-/m0/s1. The van der Waals surface area contributed by atoms with E-state index in [4.69, 9.17) is 23.2 Å². The van der Waals surface area contributed by atoms with Gasteiger partial charge in [-0.1, -0.05) is 81.2 Å². The maximum absolute atomic E-state index is 13.4. The largest absolute Gasteiger partial charge is 0.352 e. The fourth-order valence-electron chi connectivity index (χ4n) is 3.70. The van der Waals surface area contributed by atoms with E-state index in [1.165, 1.54) is 5.56 Å². The summed E-state index contributed by atoms with van der Waals surface area (Å²) in [5.41, 5.74) is 3.28. The van der Waals surface area contributed by atoms with Crippen molar-refractivity contribution in [2.45, 2.75) is 84.8 Å². The van der Waals surface area contributed by atoms with Crippen LogP contribution in [0.3, 0.4) is 0 Å². The highest BCUT2D eigenvalue weighted by molar-refractivity contribution is 6.42. The predicted molar refractivity (Wildman–Crippen MR) is 138 cm³/mol. The molecule has 0 spiro atoms. The molecule has 1 N–H and O–H groups in total. The van der Waals surface area contributed by atoms with E-state index in [1.54, 1.807) is 17.0 Å². The first kappa shape index (κ1) is 27.2. The van der Waals surface area contributed by atoms with E-state index >= 15 is 0 Å². The van der Waals surface area contributed by atoms with Crippen molar-refractivity contribution in [1.82, 2.24) is 10.2 Å². The van der Waals surface area contributed by atoms with E-state index in [1.807, 2.05) is 26.8 Å². The van der Waals surface area contributed by atoms with Gasteiger partial charge in [0.25, 0.3) is 0 Å². The zero-order valence-corrected chi connectivity index (χ0v) is 22.1. The molecule has 0 aromatic heterocycles. The lowest BCUT2D eigenvalue weighted by atomic mass is 9.86. The fraction of sp³-hybridized carbons (Fsp3) is 0.481. The molecule has 180 valence electrons. The molecule has 0 aliphatic carbocycles. The Balaban J connectivity index is 2.22. The van der Waals surface area contributed by atoms with Gasteiger partial charge >= 0.3 is 0 Å². The fourth-order valence-corrected chi connectivity index (χ4v) is 4.02. The van der Waals surface area contributed by atoms with Crippen molar-refractivity contribution in [3.05, 3.63) is 69.2 Å². The first-order chi connectivity index (χ1) is 15.4. The van der Waals surface area contributed by atoms with Gasteiger partial charge in [-0.15, -0.1) is 0 Å². The van der Waals surface area contributed by atoms with Crippen LogP contribution in [0.2, 0.25) is 10.0 Å². The smallest absolute Gasteiger partial charge is 0.243 e. The van der Waals surface area contributed by atoms with Gasteiger partial charge in [0, 0.05) is 19.0 Å². The Hall–Kier alpha value is -2.04. The van der Waals surface area contributed by atoms with Crippen molar-refractivity contribution in [2.24, 2.45) is 0 Å². The summed E-state index contributed by atoms with van der Waals surface area (Å²) in [6.07, 6.45) is 1.46. The summed E-state index contributed by atoms with van der Waals surface area (Å²) in [6, 6.07) is 13.2. The SMILES string of the molecule is CC[C@@H](C(=O)NC(C)C)N(Cc1ccc(Cl)c(Cl)c1)C(=O)CCc1ccc(C(C)(C)C)cc1. The molecule has 6 heteroatoms. The summed E-state index contributed by atoms with van der Waals surface area (Å²) < 4.78 is 0. The van der Waals surface area contributed by atoms with Gasteiger partial charge in [-0.2, -0.15) is 0 Å². The Bertz CT molecular complexity index is 950. The van der Waals surface area contributed by atoms with Crippen LogP contribution >= 0.6 is 23.2 Å². The molecule has 2 rings (SSSR count). The van der Waals surface area contributed by atoms with Crippen LogP contribution in [0.4, 0.5) is 0 Å². The Morgan fingerprint density at radius 3 is 2.09 bits per heavy atom. The highest BCUT2D eigenvalue weighted by Gasteiger charge is 2.29. The van der Waals surface area contributed by atoms with Gasteiger partial charge in [-0.05, 0) is 60.9 Å². The number of hydrogen-bond donors (Lipinski definition) is 1. The third-order valence-electron chi connectivity index (χ3n) is 5.60. The van der Waals surface area contributed by atoms with E-state index in [0.29, 0.717) is 35.9 Å². The van der Waals surface area contributed by atoms with Crippen LogP contribution in [0.1, 0.15) is 71.1 Å². The number of carbonyl (C=O) groups excluding carboxylic acids is 2. The number of aryl methyl sites for hydroxylation is 1. The first-order valence-electron chi connectivity index (χ1n) is 11.6. The number of carbonyl (C=O) groups is 2. The van der Waals surface area contributed by atoms with Crippen LogP contribution in [0, 0.1) is 0 Å². The van der Waals surface area contributed by atoms with E-state index < -0.39 is 6.04 Å². The van der Waals surface area contributed by atoms with Crippen molar-refractivity contribution in [2.75, 3.05) is 0 Å². The highest BCUT2D eigenvalue weighted by Crippen LogP contribution is 2.25. The maximum atomic E-state index is 13.4. The number of hydrogen-bond acceptors (Lipinski definition) is 2. The molecule has 0 saturated heterocycles. The van der Waals surface area contributed by atoms with Crippen LogP contribution in [0.15, 0.2) is 42.5 Å². The molecule has 2 aromatic rings. The molecule has 0 unspecified atom stereocenters. The van der Waals surface area contributed by atoms with Crippen LogP contribution < -0.4 is 5.32 Å². The van der Waals surface area contributed by atoms with Crippen molar-refractivity contribution in [3.8, 4) is 0 Å². The van der Waals surface area contributed by atoms with Crippen LogP contribution in [0.25, 0.3) is 0 Å². The molecule has 0 radical (unpaired) electrons. The molecule has 0 heterocycles. The second-order valence-corrected chi connectivity index (χ2v) is 10.6.